The van der Waals surface area contributed by atoms with Gasteiger partial charge >= 0.3 is 0 Å². The highest BCUT2D eigenvalue weighted by Gasteiger charge is 2.30. The second-order valence-electron chi connectivity index (χ2n) is 3.50. The highest BCUT2D eigenvalue weighted by molar-refractivity contribution is 7.90. The van der Waals surface area contributed by atoms with Crippen LogP contribution in [0.3, 0.4) is 0 Å². The minimum absolute atomic E-state index is 0.203. The van der Waals surface area contributed by atoms with E-state index in [1.54, 1.807) is 0 Å². The number of piperidine rings is 1. The topological polar surface area (TPSA) is 66.5 Å². The fraction of sp³-hybridized carbons (Fsp3) is 0.667. The van der Waals surface area contributed by atoms with Gasteiger partial charge in [0.05, 0.1) is 5.25 Å². The Kier molecular flexibility index (Phi) is 3.87. The molecule has 0 aliphatic carbocycles. The SMILES string of the molecule is C=CC(=O)N1CCCC(S(=O)(=O)NC)C1. The molecule has 0 saturated carbocycles. The van der Waals surface area contributed by atoms with Gasteiger partial charge in [-0.1, -0.05) is 6.58 Å². The average Bonchev–Trinajstić information content (AvgIpc) is 2.28. The quantitative estimate of drug-likeness (QED) is 0.680. The van der Waals surface area contributed by atoms with Gasteiger partial charge in [-0.3, -0.25) is 4.79 Å². The molecule has 0 aromatic carbocycles. The van der Waals surface area contributed by atoms with Crippen LogP contribution in [0, 0.1) is 0 Å². The number of nitrogens with one attached hydrogen (secondary N) is 1. The summed E-state index contributed by atoms with van der Waals surface area (Å²) in [5.41, 5.74) is 0. The third-order valence-electron chi connectivity index (χ3n) is 2.59. The first-order valence-corrected chi connectivity index (χ1v) is 6.39. The predicted octanol–water partition coefficient (Wildman–Crippen LogP) is -0.287. The lowest BCUT2D eigenvalue weighted by molar-refractivity contribution is -0.126. The van der Waals surface area contributed by atoms with Gasteiger partial charge in [0.2, 0.25) is 15.9 Å². The molecule has 1 unspecified atom stereocenters. The van der Waals surface area contributed by atoms with Gasteiger partial charge < -0.3 is 4.90 Å². The molecule has 86 valence electrons. The van der Waals surface area contributed by atoms with Crippen LogP contribution in [0.25, 0.3) is 0 Å². The van der Waals surface area contributed by atoms with Crippen molar-refractivity contribution in [3.63, 3.8) is 0 Å². The summed E-state index contributed by atoms with van der Waals surface area (Å²) in [4.78, 5) is 12.8. The average molecular weight is 232 g/mol. The number of carbonyl (C=O) groups is 1. The molecule has 1 heterocycles. The molecule has 1 atom stereocenters. The van der Waals surface area contributed by atoms with Crippen LogP contribution in [0.4, 0.5) is 0 Å². The van der Waals surface area contributed by atoms with E-state index in [0.29, 0.717) is 19.4 Å². The van der Waals surface area contributed by atoms with Crippen LogP contribution in [0.2, 0.25) is 0 Å². The van der Waals surface area contributed by atoms with Crippen LogP contribution in [0.15, 0.2) is 12.7 Å². The number of rotatable bonds is 3. The third kappa shape index (κ3) is 2.79. The molecular weight excluding hydrogens is 216 g/mol. The van der Waals surface area contributed by atoms with Crippen LogP contribution in [0.1, 0.15) is 12.8 Å². The van der Waals surface area contributed by atoms with Crippen molar-refractivity contribution in [2.45, 2.75) is 18.1 Å². The van der Waals surface area contributed by atoms with Gasteiger partial charge in [0.15, 0.2) is 0 Å². The molecule has 6 heteroatoms. The Morgan fingerprint density at radius 2 is 2.27 bits per heavy atom. The predicted molar refractivity (Wildman–Crippen MR) is 57.8 cm³/mol. The van der Waals surface area contributed by atoms with E-state index in [9.17, 15) is 13.2 Å². The zero-order chi connectivity index (χ0) is 11.5. The summed E-state index contributed by atoms with van der Waals surface area (Å²) >= 11 is 0. The zero-order valence-corrected chi connectivity index (χ0v) is 9.59. The monoisotopic (exact) mass is 232 g/mol. The molecule has 1 N–H and O–H groups in total. The summed E-state index contributed by atoms with van der Waals surface area (Å²) in [5, 5.41) is -0.500. The largest absolute Gasteiger partial charge is 0.338 e. The standard InChI is InChI=1S/C9H16N2O3S/c1-3-9(12)11-6-4-5-8(7-11)15(13,14)10-2/h3,8,10H,1,4-7H2,2H3. The molecule has 15 heavy (non-hydrogen) atoms. The van der Waals surface area contributed by atoms with Gasteiger partial charge in [0.25, 0.3) is 0 Å². The first-order valence-electron chi connectivity index (χ1n) is 4.85. The molecule has 1 aliphatic heterocycles. The molecule has 1 aliphatic rings. The maximum absolute atomic E-state index is 11.5. The van der Waals surface area contributed by atoms with Gasteiger partial charge in [-0.05, 0) is 26.0 Å². The van der Waals surface area contributed by atoms with Gasteiger partial charge in [0, 0.05) is 13.1 Å². The smallest absolute Gasteiger partial charge is 0.245 e. The lowest BCUT2D eigenvalue weighted by Gasteiger charge is -2.31. The van der Waals surface area contributed by atoms with Crippen molar-refractivity contribution in [1.29, 1.82) is 0 Å². The van der Waals surface area contributed by atoms with E-state index in [4.69, 9.17) is 0 Å². The van der Waals surface area contributed by atoms with Crippen molar-refractivity contribution >= 4 is 15.9 Å². The van der Waals surface area contributed by atoms with E-state index in [1.165, 1.54) is 18.0 Å². The van der Waals surface area contributed by atoms with Crippen LogP contribution in [-0.2, 0) is 14.8 Å². The molecule has 1 fully saturated rings. The minimum Gasteiger partial charge on any atom is -0.338 e. The van der Waals surface area contributed by atoms with Crippen LogP contribution in [-0.4, -0.2) is 44.6 Å². The Morgan fingerprint density at radius 3 is 2.80 bits per heavy atom. The maximum atomic E-state index is 11.5. The normalized spacial score (nSPS) is 22.5. The van der Waals surface area contributed by atoms with Crippen molar-refractivity contribution in [3.05, 3.63) is 12.7 Å². The van der Waals surface area contributed by atoms with Crippen molar-refractivity contribution in [2.75, 3.05) is 20.1 Å². The summed E-state index contributed by atoms with van der Waals surface area (Å²) in [6.45, 7) is 4.26. The molecule has 0 bridgehead atoms. The molecule has 0 spiro atoms. The van der Waals surface area contributed by atoms with Crippen molar-refractivity contribution in [1.82, 2.24) is 9.62 Å². The van der Waals surface area contributed by atoms with Crippen LogP contribution >= 0.6 is 0 Å². The first kappa shape index (κ1) is 12.2. The number of likely N-dealkylation sites (tertiary alicyclic amines) is 1. The summed E-state index contributed by atoms with van der Waals surface area (Å²) in [6.07, 6.45) is 2.53. The first-order chi connectivity index (χ1) is 7.01. The maximum Gasteiger partial charge on any atom is 0.245 e. The number of carbonyl (C=O) groups excluding carboxylic acids is 1. The third-order valence-corrected chi connectivity index (χ3v) is 4.42. The van der Waals surface area contributed by atoms with Gasteiger partial charge in [-0.2, -0.15) is 0 Å². The fourth-order valence-electron chi connectivity index (χ4n) is 1.69. The van der Waals surface area contributed by atoms with Crippen LogP contribution in [0.5, 0.6) is 0 Å². The Balaban J connectivity index is 2.72. The van der Waals surface area contributed by atoms with E-state index in [-0.39, 0.29) is 12.5 Å². The molecule has 1 saturated heterocycles. The number of amides is 1. The van der Waals surface area contributed by atoms with Gasteiger partial charge in [-0.25, -0.2) is 13.1 Å². The summed E-state index contributed by atoms with van der Waals surface area (Å²) < 4.78 is 25.4. The molecule has 1 amide bonds. The number of sulfonamides is 1. The molecule has 5 nitrogen and oxygen atoms in total. The summed E-state index contributed by atoms with van der Waals surface area (Å²) in [6, 6.07) is 0. The fourth-order valence-corrected chi connectivity index (χ4v) is 2.87. The van der Waals surface area contributed by atoms with Crippen molar-refractivity contribution in [2.24, 2.45) is 0 Å². The second-order valence-corrected chi connectivity index (χ2v) is 5.67. The lowest BCUT2D eigenvalue weighted by atomic mass is 10.1. The number of hydrogen-bond donors (Lipinski definition) is 1. The second kappa shape index (κ2) is 4.76. The lowest BCUT2D eigenvalue weighted by Crippen LogP contribution is -2.47. The highest BCUT2D eigenvalue weighted by Crippen LogP contribution is 2.16. The van der Waals surface area contributed by atoms with Crippen molar-refractivity contribution < 1.29 is 13.2 Å². The van der Waals surface area contributed by atoms with Crippen molar-refractivity contribution in [3.8, 4) is 0 Å². The van der Waals surface area contributed by atoms with E-state index in [0.717, 1.165) is 0 Å². The van der Waals surface area contributed by atoms with E-state index >= 15 is 0 Å². The summed E-state index contributed by atoms with van der Waals surface area (Å²) in [7, 11) is -1.88. The highest BCUT2D eigenvalue weighted by atomic mass is 32.2. The molecule has 0 radical (unpaired) electrons. The minimum atomic E-state index is -3.27. The van der Waals surface area contributed by atoms with Gasteiger partial charge in [-0.15, -0.1) is 0 Å². The Labute approximate surface area is 90.2 Å². The Hall–Kier alpha value is -0.880. The van der Waals surface area contributed by atoms with Gasteiger partial charge in [0.1, 0.15) is 0 Å². The van der Waals surface area contributed by atoms with E-state index in [1.807, 2.05) is 0 Å². The van der Waals surface area contributed by atoms with E-state index < -0.39 is 15.3 Å². The number of hydrogen-bond acceptors (Lipinski definition) is 3. The zero-order valence-electron chi connectivity index (χ0n) is 8.77. The molecule has 1 rings (SSSR count). The number of nitrogens with zero attached hydrogens (tertiary/aromatic N) is 1. The summed E-state index contributed by atoms with van der Waals surface area (Å²) in [5.74, 6) is -0.203. The molecular formula is C9H16N2O3S. The van der Waals surface area contributed by atoms with E-state index in [2.05, 4.69) is 11.3 Å². The Morgan fingerprint density at radius 1 is 1.60 bits per heavy atom. The van der Waals surface area contributed by atoms with Crippen LogP contribution < -0.4 is 4.72 Å². The molecule has 0 aromatic heterocycles. The Bertz CT molecular complexity index is 350. The molecule has 0 aromatic rings.